The summed E-state index contributed by atoms with van der Waals surface area (Å²) in [5.74, 6) is -2.20. The van der Waals surface area contributed by atoms with Crippen LogP contribution in [0, 0.1) is 5.82 Å². The van der Waals surface area contributed by atoms with Gasteiger partial charge in [0.15, 0.2) is 15.0 Å². The number of sulfone groups is 1. The third-order valence-corrected chi connectivity index (χ3v) is 7.75. The number of carbonyl (C=O) groups is 2. The first-order valence-corrected chi connectivity index (χ1v) is 11.2. The number of carboxylic acid groups (broad SMARTS) is 1. The summed E-state index contributed by atoms with van der Waals surface area (Å²) in [6, 6.07) is 3.58. The number of carboxylic acids is 1. The molecule has 1 aromatic rings. The third kappa shape index (κ3) is 4.61. The van der Waals surface area contributed by atoms with Gasteiger partial charge in [-0.1, -0.05) is 23.4 Å². The Morgan fingerprint density at radius 3 is 2.74 bits per heavy atom. The highest BCUT2D eigenvalue weighted by molar-refractivity contribution is 8.16. The van der Waals surface area contributed by atoms with Crippen LogP contribution >= 0.6 is 23.4 Å². The first-order valence-electron chi connectivity index (χ1n) is 8.11. The number of amidine groups is 1. The Hall–Kier alpha value is -1.65. The third-order valence-electron chi connectivity index (χ3n) is 4.25. The Labute approximate surface area is 164 Å². The number of hydrogen-bond acceptors (Lipinski definition) is 5. The lowest BCUT2D eigenvalue weighted by Gasteiger charge is -2.24. The van der Waals surface area contributed by atoms with Crippen molar-refractivity contribution in [3.8, 4) is 0 Å². The summed E-state index contributed by atoms with van der Waals surface area (Å²) in [6.07, 6.45) is 0.00570. The van der Waals surface area contributed by atoms with Crippen molar-refractivity contribution in [2.75, 3.05) is 16.4 Å². The zero-order valence-corrected chi connectivity index (χ0v) is 16.4. The smallest absolute Gasteiger partial charge is 0.303 e. The number of fused-ring (bicyclic) bond motifs is 1. The van der Waals surface area contributed by atoms with Gasteiger partial charge in [-0.05, 0) is 24.6 Å². The lowest BCUT2D eigenvalue weighted by Crippen LogP contribution is -2.37. The normalized spacial score (nSPS) is 25.0. The van der Waals surface area contributed by atoms with Crippen LogP contribution in [-0.4, -0.2) is 53.4 Å². The van der Waals surface area contributed by atoms with Gasteiger partial charge in [0.25, 0.3) is 0 Å². The summed E-state index contributed by atoms with van der Waals surface area (Å²) < 4.78 is 37.5. The highest BCUT2D eigenvalue weighted by Crippen LogP contribution is 2.41. The van der Waals surface area contributed by atoms with E-state index in [1.165, 1.54) is 30.0 Å². The molecule has 2 atom stereocenters. The number of thioether (sulfide) groups is 1. The van der Waals surface area contributed by atoms with Crippen molar-refractivity contribution in [1.29, 1.82) is 0 Å². The molecule has 2 aliphatic rings. The molecular formula is C16H16ClFN2O5S2. The maximum atomic E-state index is 13.5. The fourth-order valence-electron chi connectivity index (χ4n) is 3.05. The van der Waals surface area contributed by atoms with E-state index in [1.54, 1.807) is 4.90 Å². The topological polar surface area (TPSA) is 104 Å². The van der Waals surface area contributed by atoms with Crippen LogP contribution in [0.5, 0.6) is 0 Å². The molecule has 7 nitrogen and oxygen atoms in total. The predicted molar refractivity (Wildman–Crippen MR) is 102 cm³/mol. The second-order valence-corrected chi connectivity index (χ2v) is 10.1. The molecule has 27 heavy (non-hydrogen) atoms. The van der Waals surface area contributed by atoms with Gasteiger partial charge in [-0.25, -0.2) is 12.8 Å². The summed E-state index contributed by atoms with van der Waals surface area (Å²) in [5.41, 5.74) is 0.454. The molecular weight excluding hydrogens is 419 g/mol. The van der Waals surface area contributed by atoms with Crippen LogP contribution in [0.1, 0.15) is 19.3 Å². The van der Waals surface area contributed by atoms with Crippen molar-refractivity contribution in [2.45, 2.75) is 30.6 Å². The van der Waals surface area contributed by atoms with Gasteiger partial charge in [-0.15, -0.1) is 0 Å². The molecule has 2 saturated heterocycles. The second-order valence-electron chi connectivity index (χ2n) is 6.30. The summed E-state index contributed by atoms with van der Waals surface area (Å²) in [5, 5.41) is 8.57. The number of amides is 1. The maximum absolute atomic E-state index is 13.5. The standard InChI is InChI=1S/C16H16ClFN2O5S2/c17-10-6-9(4-5-11(10)18)20-12-7-27(24,25)8-13(12)26-16(20)19-14(21)2-1-3-15(22)23/h4-6,12-13H,1-3,7-8H2,(H,22,23)/t12-,13-/m1/s1. The highest BCUT2D eigenvalue weighted by atomic mass is 35.5. The van der Waals surface area contributed by atoms with Crippen molar-refractivity contribution < 1.29 is 27.5 Å². The summed E-state index contributed by atoms with van der Waals surface area (Å²) in [7, 11) is -3.22. The number of rotatable bonds is 5. The Balaban J connectivity index is 1.88. The molecule has 0 bridgehead atoms. The van der Waals surface area contributed by atoms with Crippen LogP contribution in [0.4, 0.5) is 10.1 Å². The Morgan fingerprint density at radius 1 is 1.33 bits per heavy atom. The summed E-state index contributed by atoms with van der Waals surface area (Å²) in [4.78, 5) is 28.3. The first-order chi connectivity index (χ1) is 12.7. The predicted octanol–water partition coefficient (Wildman–Crippen LogP) is 2.34. The fourth-order valence-corrected chi connectivity index (χ4v) is 7.16. The van der Waals surface area contributed by atoms with Crippen LogP contribution in [0.3, 0.4) is 0 Å². The molecule has 1 aromatic carbocycles. The van der Waals surface area contributed by atoms with Gasteiger partial charge < -0.3 is 10.0 Å². The van der Waals surface area contributed by atoms with Crippen molar-refractivity contribution in [3.05, 3.63) is 29.0 Å². The van der Waals surface area contributed by atoms with E-state index in [2.05, 4.69) is 4.99 Å². The number of halogens is 2. The number of anilines is 1. The van der Waals surface area contributed by atoms with Crippen LogP contribution in [0.25, 0.3) is 0 Å². The Kier molecular flexibility index (Phi) is 5.78. The van der Waals surface area contributed by atoms with E-state index in [-0.39, 0.29) is 41.0 Å². The molecule has 0 unspecified atom stereocenters. The molecule has 0 spiro atoms. The number of hydrogen-bond donors (Lipinski definition) is 1. The SMILES string of the molecule is O=C(O)CCCC(=O)N=C1S[C@@H]2CS(=O)(=O)C[C@H]2N1c1ccc(F)c(Cl)c1. The largest absolute Gasteiger partial charge is 0.481 e. The van der Waals surface area contributed by atoms with E-state index >= 15 is 0 Å². The molecule has 0 radical (unpaired) electrons. The van der Waals surface area contributed by atoms with Gasteiger partial charge in [-0.3, -0.25) is 9.59 Å². The van der Waals surface area contributed by atoms with E-state index in [4.69, 9.17) is 16.7 Å². The zero-order valence-electron chi connectivity index (χ0n) is 14.0. The van der Waals surface area contributed by atoms with Crippen molar-refractivity contribution >= 4 is 55.9 Å². The minimum absolute atomic E-state index is 0.0258. The Morgan fingerprint density at radius 2 is 2.07 bits per heavy atom. The number of carbonyl (C=O) groups excluding carboxylic acids is 1. The van der Waals surface area contributed by atoms with Crippen LogP contribution < -0.4 is 4.90 Å². The lowest BCUT2D eigenvalue weighted by atomic mass is 10.2. The van der Waals surface area contributed by atoms with E-state index in [0.29, 0.717) is 10.9 Å². The van der Waals surface area contributed by atoms with Crippen molar-refractivity contribution in [2.24, 2.45) is 4.99 Å². The summed E-state index contributed by atoms with van der Waals surface area (Å²) in [6.45, 7) is 0. The maximum Gasteiger partial charge on any atom is 0.303 e. The molecule has 146 valence electrons. The summed E-state index contributed by atoms with van der Waals surface area (Å²) >= 11 is 7.04. The van der Waals surface area contributed by atoms with Gasteiger partial charge in [-0.2, -0.15) is 4.99 Å². The monoisotopic (exact) mass is 434 g/mol. The highest BCUT2D eigenvalue weighted by Gasteiger charge is 2.49. The van der Waals surface area contributed by atoms with Gasteiger partial charge in [0.05, 0.1) is 22.6 Å². The minimum Gasteiger partial charge on any atom is -0.481 e. The van der Waals surface area contributed by atoms with Crippen molar-refractivity contribution in [1.82, 2.24) is 0 Å². The van der Waals surface area contributed by atoms with Crippen LogP contribution in [-0.2, 0) is 19.4 Å². The molecule has 1 N–H and O–H groups in total. The zero-order chi connectivity index (χ0) is 19.8. The molecule has 11 heteroatoms. The molecule has 0 aliphatic carbocycles. The molecule has 1 amide bonds. The number of benzene rings is 1. The minimum atomic E-state index is -3.22. The van der Waals surface area contributed by atoms with Crippen LogP contribution in [0.2, 0.25) is 5.02 Å². The Bertz CT molecular complexity index is 921. The first kappa shape index (κ1) is 20.1. The van der Waals surface area contributed by atoms with E-state index in [9.17, 15) is 22.4 Å². The van der Waals surface area contributed by atoms with E-state index < -0.39 is 33.6 Å². The fraction of sp³-hybridized carbons (Fsp3) is 0.438. The average Bonchev–Trinajstić information content (AvgIpc) is 3.00. The van der Waals surface area contributed by atoms with Gasteiger partial charge in [0.2, 0.25) is 5.91 Å². The van der Waals surface area contributed by atoms with Gasteiger partial charge in [0, 0.05) is 23.8 Å². The number of nitrogens with zero attached hydrogens (tertiary/aromatic N) is 2. The molecule has 0 saturated carbocycles. The quantitative estimate of drug-likeness (QED) is 0.758. The molecule has 2 aliphatic heterocycles. The molecule has 3 rings (SSSR count). The molecule has 2 fully saturated rings. The number of aliphatic carboxylic acids is 1. The van der Waals surface area contributed by atoms with E-state index in [1.807, 2.05) is 0 Å². The van der Waals surface area contributed by atoms with Gasteiger partial charge in [0.1, 0.15) is 5.82 Å². The number of aliphatic imine (C=N–C) groups is 1. The van der Waals surface area contributed by atoms with Crippen molar-refractivity contribution in [3.63, 3.8) is 0 Å². The van der Waals surface area contributed by atoms with Crippen LogP contribution in [0.15, 0.2) is 23.2 Å². The lowest BCUT2D eigenvalue weighted by molar-refractivity contribution is -0.137. The second kappa shape index (κ2) is 7.76. The average molecular weight is 435 g/mol. The van der Waals surface area contributed by atoms with E-state index in [0.717, 1.165) is 0 Å². The molecule has 2 heterocycles. The van der Waals surface area contributed by atoms with Gasteiger partial charge >= 0.3 is 5.97 Å². The molecule has 0 aromatic heterocycles.